The Balaban J connectivity index is 2.02. The van der Waals surface area contributed by atoms with E-state index in [-0.39, 0.29) is 0 Å². The molecule has 1 aliphatic rings. The van der Waals surface area contributed by atoms with Crippen molar-refractivity contribution in [3.05, 3.63) is 22.3 Å². The highest BCUT2D eigenvalue weighted by Crippen LogP contribution is 2.21. The van der Waals surface area contributed by atoms with E-state index in [1.54, 1.807) is 0 Å². The van der Waals surface area contributed by atoms with Crippen molar-refractivity contribution < 1.29 is 4.74 Å². The fourth-order valence-electron chi connectivity index (χ4n) is 1.94. The van der Waals surface area contributed by atoms with E-state index in [2.05, 4.69) is 45.9 Å². The van der Waals surface area contributed by atoms with E-state index in [1.165, 1.54) is 12.0 Å². The Morgan fingerprint density at radius 3 is 3.06 bits per heavy atom. The highest BCUT2D eigenvalue weighted by atomic mass is 79.9. The monoisotopic (exact) mass is 284 g/mol. The first-order valence-electron chi connectivity index (χ1n) is 5.58. The van der Waals surface area contributed by atoms with Gasteiger partial charge in [-0.05, 0) is 40.9 Å². The molecular formula is C12H17BrN2O. The molecule has 88 valence electrons. The van der Waals surface area contributed by atoms with E-state index < -0.39 is 0 Å². The molecule has 16 heavy (non-hydrogen) atoms. The molecule has 2 heterocycles. The van der Waals surface area contributed by atoms with Crippen LogP contribution >= 0.6 is 15.9 Å². The smallest absolute Gasteiger partial charge is 0.128 e. The van der Waals surface area contributed by atoms with E-state index in [9.17, 15) is 0 Å². The summed E-state index contributed by atoms with van der Waals surface area (Å²) in [4.78, 5) is 6.63. The van der Waals surface area contributed by atoms with Crippen LogP contribution in [0.4, 0.5) is 5.82 Å². The molecule has 0 spiro atoms. The van der Waals surface area contributed by atoms with Crippen LogP contribution in [0.1, 0.15) is 12.0 Å². The number of aromatic nitrogens is 1. The van der Waals surface area contributed by atoms with Crippen molar-refractivity contribution in [1.82, 2.24) is 4.98 Å². The predicted molar refractivity (Wildman–Crippen MR) is 68.9 cm³/mol. The maximum atomic E-state index is 5.38. The van der Waals surface area contributed by atoms with E-state index in [1.807, 2.05) is 6.20 Å². The Labute approximate surface area is 105 Å². The van der Waals surface area contributed by atoms with Crippen LogP contribution in [0, 0.1) is 12.8 Å². The summed E-state index contributed by atoms with van der Waals surface area (Å²) < 4.78 is 6.45. The van der Waals surface area contributed by atoms with Crippen molar-refractivity contribution in [1.29, 1.82) is 0 Å². The number of ether oxygens (including phenoxy) is 1. The minimum atomic E-state index is 0.649. The largest absolute Gasteiger partial charge is 0.381 e. The summed E-state index contributed by atoms with van der Waals surface area (Å²) in [7, 11) is 2.09. The summed E-state index contributed by atoms with van der Waals surface area (Å²) in [5.41, 5.74) is 1.22. The van der Waals surface area contributed by atoms with Crippen molar-refractivity contribution in [2.24, 2.45) is 5.92 Å². The second-order valence-corrected chi connectivity index (χ2v) is 5.26. The maximum Gasteiger partial charge on any atom is 0.128 e. The van der Waals surface area contributed by atoms with Crippen molar-refractivity contribution in [3.63, 3.8) is 0 Å². The normalized spacial score (nSPS) is 20.1. The molecule has 1 fully saturated rings. The minimum Gasteiger partial charge on any atom is -0.381 e. The summed E-state index contributed by atoms with van der Waals surface area (Å²) in [6.45, 7) is 4.90. The summed E-state index contributed by atoms with van der Waals surface area (Å²) in [6.07, 6.45) is 3.03. The minimum absolute atomic E-state index is 0.649. The Bertz CT molecular complexity index is 364. The van der Waals surface area contributed by atoms with Crippen LogP contribution in [0.25, 0.3) is 0 Å². The van der Waals surface area contributed by atoms with Gasteiger partial charge in [-0.2, -0.15) is 0 Å². The van der Waals surface area contributed by atoms with Crippen LogP contribution in [-0.4, -0.2) is 31.8 Å². The first-order chi connectivity index (χ1) is 7.66. The molecule has 0 saturated carbocycles. The lowest BCUT2D eigenvalue weighted by atomic mass is 10.1. The fraction of sp³-hybridized carbons (Fsp3) is 0.583. The van der Waals surface area contributed by atoms with Gasteiger partial charge in [0.25, 0.3) is 0 Å². The van der Waals surface area contributed by atoms with Gasteiger partial charge in [-0.15, -0.1) is 0 Å². The molecule has 1 saturated heterocycles. The van der Waals surface area contributed by atoms with Crippen LogP contribution < -0.4 is 4.90 Å². The van der Waals surface area contributed by atoms with Gasteiger partial charge >= 0.3 is 0 Å². The number of anilines is 1. The Morgan fingerprint density at radius 2 is 2.44 bits per heavy atom. The number of hydrogen-bond acceptors (Lipinski definition) is 3. The van der Waals surface area contributed by atoms with Crippen molar-refractivity contribution in [2.75, 3.05) is 31.7 Å². The summed E-state index contributed by atoms with van der Waals surface area (Å²) in [5.74, 6) is 1.68. The molecule has 0 N–H and O–H groups in total. The van der Waals surface area contributed by atoms with Gasteiger partial charge in [0.15, 0.2) is 0 Å². The van der Waals surface area contributed by atoms with Crippen molar-refractivity contribution in [2.45, 2.75) is 13.3 Å². The Hall–Kier alpha value is -0.610. The molecule has 1 atom stereocenters. The van der Waals surface area contributed by atoms with Gasteiger partial charge in [0.1, 0.15) is 5.82 Å². The van der Waals surface area contributed by atoms with Crippen LogP contribution in [-0.2, 0) is 4.74 Å². The first-order valence-corrected chi connectivity index (χ1v) is 6.37. The van der Waals surface area contributed by atoms with Gasteiger partial charge in [-0.1, -0.05) is 0 Å². The Morgan fingerprint density at radius 1 is 1.62 bits per heavy atom. The molecule has 1 aromatic rings. The third-order valence-corrected chi connectivity index (χ3v) is 3.81. The standard InChI is InChI=1S/C12H17BrN2O/c1-9-5-12(14-6-11(9)13)15(2)7-10-3-4-16-8-10/h5-6,10H,3-4,7-8H2,1-2H3. The average Bonchev–Trinajstić information content (AvgIpc) is 2.74. The number of halogens is 1. The van der Waals surface area contributed by atoms with Crippen LogP contribution in [0.15, 0.2) is 16.7 Å². The second kappa shape index (κ2) is 5.15. The molecule has 0 aromatic carbocycles. The zero-order valence-corrected chi connectivity index (χ0v) is 11.3. The van der Waals surface area contributed by atoms with E-state index in [0.717, 1.165) is 30.0 Å². The average molecular weight is 285 g/mol. The number of nitrogens with zero attached hydrogens (tertiary/aromatic N) is 2. The van der Waals surface area contributed by atoms with Crippen LogP contribution in [0.3, 0.4) is 0 Å². The zero-order valence-electron chi connectivity index (χ0n) is 9.74. The molecule has 1 unspecified atom stereocenters. The zero-order chi connectivity index (χ0) is 11.5. The molecule has 0 amide bonds. The van der Waals surface area contributed by atoms with E-state index >= 15 is 0 Å². The third-order valence-electron chi connectivity index (χ3n) is 2.98. The maximum absolute atomic E-state index is 5.38. The van der Waals surface area contributed by atoms with Gasteiger partial charge in [-0.3, -0.25) is 0 Å². The lowest BCUT2D eigenvalue weighted by Gasteiger charge is -2.21. The lowest BCUT2D eigenvalue weighted by molar-refractivity contribution is 0.186. The molecule has 2 rings (SSSR count). The summed E-state index contributed by atoms with van der Waals surface area (Å²) in [5, 5.41) is 0. The highest BCUT2D eigenvalue weighted by Gasteiger charge is 2.18. The van der Waals surface area contributed by atoms with Gasteiger partial charge in [0.2, 0.25) is 0 Å². The third kappa shape index (κ3) is 2.74. The lowest BCUT2D eigenvalue weighted by Crippen LogP contribution is -2.26. The molecule has 1 aromatic heterocycles. The molecule has 0 radical (unpaired) electrons. The molecule has 0 aliphatic carbocycles. The van der Waals surface area contributed by atoms with Gasteiger partial charge in [-0.25, -0.2) is 4.98 Å². The molecule has 3 nitrogen and oxygen atoms in total. The first kappa shape index (κ1) is 11.9. The van der Waals surface area contributed by atoms with E-state index in [0.29, 0.717) is 5.92 Å². The quantitative estimate of drug-likeness (QED) is 0.853. The Kier molecular flexibility index (Phi) is 3.82. The molecule has 1 aliphatic heterocycles. The van der Waals surface area contributed by atoms with Crippen molar-refractivity contribution in [3.8, 4) is 0 Å². The molecule has 0 bridgehead atoms. The predicted octanol–water partition coefficient (Wildman–Crippen LogP) is 2.63. The number of rotatable bonds is 3. The van der Waals surface area contributed by atoms with Crippen molar-refractivity contribution >= 4 is 21.7 Å². The second-order valence-electron chi connectivity index (χ2n) is 4.40. The van der Waals surface area contributed by atoms with E-state index in [4.69, 9.17) is 4.74 Å². The molecule has 4 heteroatoms. The van der Waals surface area contributed by atoms with Gasteiger partial charge in [0, 0.05) is 36.8 Å². The van der Waals surface area contributed by atoms with Crippen LogP contribution in [0.2, 0.25) is 0 Å². The molecular weight excluding hydrogens is 268 g/mol. The number of hydrogen-bond donors (Lipinski definition) is 0. The van der Waals surface area contributed by atoms with Gasteiger partial charge in [0.05, 0.1) is 6.61 Å². The summed E-state index contributed by atoms with van der Waals surface area (Å²) >= 11 is 3.47. The highest BCUT2D eigenvalue weighted by molar-refractivity contribution is 9.10. The number of pyridine rings is 1. The van der Waals surface area contributed by atoms with Gasteiger partial charge < -0.3 is 9.64 Å². The topological polar surface area (TPSA) is 25.4 Å². The number of aryl methyl sites for hydroxylation is 1. The summed E-state index contributed by atoms with van der Waals surface area (Å²) in [6, 6.07) is 2.11. The SMILES string of the molecule is Cc1cc(N(C)CC2CCOC2)ncc1Br. The van der Waals surface area contributed by atoms with Crippen LogP contribution in [0.5, 0.6) is 0 Å². The fourth-order valence-corrected chi connectivity index (χ4v) is 2.16.